The predicted molar refractivity (Wildman–Crippen MR) is 98.2 cm³/mol. The Morgan fingerprint density at radius 2 is 1.09 bits per heavy atom. The molecular formula is C20H29N3. The lowest BCUT2D eigenvalue weighted by Gasteiger charge is -2.21. The van der Waals surface area contributed by atoms with Crippen LogP contribution in [0, 0.1) is 13.8 Å². The molecule has 3 nitrogen and oxygen atoms in total. The Labute approximate surface area is 140 Å². The highest BCUT2D eigenvalue weighted by Crippen LogP contribution is 2.03. The third kappa shape index (κ3) is 6.53. The van der Waals surface area contributed by atoms with Gasteiger partial charge < -0.3 is 10.6 Å². The summed E-state index contributed by atoms with van der Waals surface area (Å²) in [5, 5.41) is 7.03. The lowest BCUT2D eigenvalue weighted by Crippen LogP contribution is -2.40. The third-order valence-electron chi connectivity index (χ3n) is 4.02. The number of rotatable bonds is 9. The number of hydrogen-bond acceptors (Lipinski definition) is 3. The van der Waals surface area contributed by atoms with Crippen LogP contribution in [0.25, 0.3) is 0 Å². The average molecular weight is 311 g/mol. The SMILES string of the molecule is CCN(CNCc1ccc(C)cc1)CNCc1ccc(C)cc1. The molecule has 0 fully saturated rings. The molecule has 2 aromatic carbocycles. The maximum absolute atomic E-state index is 3.51. The van der Waals surface area contributed by atoms with Crippen LogP contribution in [0.3, 0.4) is 0 Å². The highest BCUT2D eigenvalue weighted by atomic mass is 15.3. The number of nitrogens with one attached hydrogen (secondary N) is 2. The number of nitrogens with zero attached hydrogens (tertiary/aromatic N) is 1. The van der Waals surface area contributed by atoms with Crippen molar-refractivity contribution in [3.63, 3.8) is 0 Å². The van der Waals surface area contributed by atoms with Gasteiger partial charge in [0.15, 0.2) is 0 Å². The fourth-order valence-corrected chi connectivity index (χ4v) is 2.41. The topological polar surface area (TPSA) is 27.3 Å². The standard InChI is InChI=1S/C20H29N3/c1-4-23(15-21-13-19-9-5-17(2)6-10-19)16-22-14-20-11-7-18(3)8-12-20/h5-12,21-22H,4,13-16H2,1-3H3. The summed E-state index contributed by atoms with van der Waals surface area (Å²) in [5.74, 6) is 0. The summed E-state index contributed by atoms with van der Waals surface area (Å²) in [4.78, 5) is 2.36. The lowest BCUT2D eigenvalue weighted by molar-refractivity contribution is 0.243. The minimum Gasteiger partial charge on any atom is -0.300 e. The first kappa shape index (κ1) is 17.7. The van der Waals surface area contributed by atoms with E-state index in [1.165, 1.54) is 22.3 Å². The quantitative estimate of drug-likeness (QED) is 0.695. The van der Waals surface area contributed by atoms with E-state index in [0.717, 1.165) is 33.0 Å². The van der Waals surface area contributed by atoms with Gasteiger partial charge in [0.1, 0.15) is 0 Å². The first-order valence-corrected chi connectivity index (χ1v) is 8.42. The van der Waals surface area contributed by atoms with Crippen LogP contribution in [-0.2, 0) is 13.1 Å². The van der Waals surface area contributed by atoms with E-state index in [0.29, 0.717) is 0 Å². The highest BCUT2D eigenvalue weighted by Gasteiger charge is 2.01. The van der Waals surface area contributed by atoms with Crippen molar-refractivity contribution >= 4 is 0 Å². The van der Waals surface area contributed by atoms with Crippen LogP contribution in [0.2, 0.25) is 0 Å². The number of benzene rings is 2. The Bertz CT molecular complexity index is 509. The third-order valence-corrected chi connectivity index (χ3v) is 4.02. The van der Waals surface area contributed by atoms with Gasteiger partial charge in [0.05, 0.1) is 0 Å². The molecule has 0 aliphatic heterocycles. The van der Waals surface area contributed by atoms with Gasteiger partial charge in [-0.1, -0.05) is 66.6 Å². The molecule has 2 aromatic rings. The lowest BCUT2D eigenvalue weighted by atomic mass is 10.1. The molecule has 23 heavy (non-hydrogen) atoms. The summed E-state index contributed by atoms with van der Waals surface area (Å²) in [6, 6.07) is 17.4. The Morgan fingerprint density at radius 3 is 1.43 bits per heavy atom. The van der Waals surface area contributed by atoms with E-state index >= 15 is 0 Å². The molecule has 0 amide bonds. The number of aryl methyl sites for hydroxylation is 2. The second kappa shape index (κ2) is 9.46. The summed E-state index contributed by atoms with van der Waals surface area (Å²) < 4.78 is 0. The highest BCUT2D eigenvalue weighted by molar-refractivity contribution is 5.21. The van der Waals surface area contributed by atoms with Gasteiger partial charge in [-0.3, -0.25) is 4.90 Å². The second-order valence-electron chi connectivity index (χ2n) is 6.13. The van der Waals surface area contributed by atoms with Crippen LogP contribution >= 0.6 is 0 Å². The van der Waals surface area contributed by atoms with Gasteiger partial charge in [0.2, 0.25) is 0 Å². The molecule has 124 valence electrons. The smallest absolute Gasteiger partial charge is 0.0494 e. The van der Waals surface area contributed by atoms with Gasteiger partial charge >= 0.3 is 0 Å². The number of hydrogen-bond donors (Lipinski definition) is 2. The van der Waals surface area contributed by atoms with E-state index in [2.05, 4.69) is 84.8 Å². The zero-order chi connectivity index (χ0) is 16.5. The van der Waals surface area contributed by atoms with Crippen LogP contribution in [0.5, 0.6) is 0 Å². The molecule has 2 rings (SSSR count). The van der Waals surface area contributed by atoms with Gasteiger partial charge in [0.25, 0.3) is 0 Å². The monoisotopic (exact) mass is 311 g/mol. The molecule has 0 aliphatic rings. The van der Waals surface area contributed by atoms with E-state index in [9.17, 15) is 0 Å². The van der Waals surface area contributed by atoms with Crippen molar-refractivity contribution in [3.05, 3.63) is 70.8 Å². The van der Waals surface area contributed by atoms with E-state index < -0.39 is 0 Å². The van der Waals surface area contributed by atoms with E-state index in [-0.39, 0.29) is 0 Å². The molecule has 3 heteroatoms. The van der Waals surface area contributed by atoms with Crippen LogP contribution in [0.4, 0.5) is 0 Å². The molecule has 2 N–H and O–H groups in total. The Kier molecular flexibility index (Phi) is 7.27. The first-order valence-electron chi connectivity index (χ1n) is 8.42. The second-order valence-corrected chi connectivity index (χ2v) is 6.13. The summed E-state index contributed by atoms with van der Waals surface area (Å²) in [5.41, 5.74) is 5.28. The minimum atomic E-state index is 0.894. The molecule has 0 unspecified atom stereocenters. The van der Waals surface area contributed by atoms with Gasteiger partial charge in [-0.15, -0.1) is 0 Å². The normalized spacial score (nSPS) is 11.1. The van der Waals surface area contributed by atoms with E-state index in [4.69, 9.17) is 0 Å². The molecular weight excluding hydrogens is 282 g/mol. The molecule has 0 bridgehead atoms. The van der Waals surface area contributed by atoms with Crippen LogP contribution in [0.1, 0.15) is 29.2 Å². The van der Waals surface area contributed by atoms with Crippen molar-refractivity contribution in [2.75, 3.05) is 19.9 Å². The average Bonchev–Trinajstić information content (AvgIpc) is 2.57. The van der Waals surface area contributed by atoms with E-state index in [1.807, 2.05) is 0 Å². The van der Waals surface area contributed by atoms with Crippen molar-refractivity contribution in [1.29, 1.82) is 0 Å². The predicted octanol–water partition coefficient (Wildman–Crippen LogP) is 3.42. The molecule has 0 aliphatic carbocycles. The molecule has 0 radical (unpaired) electrons. The maximum atomic E-state index is 3.51. The zero-order valence-corrected chi connectivity index (χ0v) is 14.6. The van der Waals surface area contributed by atoms with Gasteiger partial charge in [-0.25, -0.2) is 0 Å². The summed E-state index contributed by atoms with van der Waals surface area (Å²) in [6.45, 7) is 11.1. The van der Waals surface area contributed by atoms with Gasteiger partial charge in [-0.05, 0) is 31.5 Å². The Morgan fingerprint density at radius 1 is 0.696 bits per heavy atom. The van der Waals surface area contributed by atoms with Crippen LogP contribution < -0.4 is 10.6 Å². The minimum absolute atomic E-state index is 0.894. The van der Waals surface area contributed by atoms with Crippen molar-refractivity contribution < 1.29 is 0 Å². The van der Waals surface area contributed by atoms with Crippen LogP contribution in [0.15, 0.2) is 48.5 Å². The Hall–Kier alpha value is -1.68. The molecule has 0 spiro atoms. The van der Waals surface area contributed by atoms with E-state index in [1.54, 1.807) is 0 Å². The summed E-state index contributed by atoms with van der Waals surface area (Å²) in [7, 11) is 0. The molecule has 0 aromatic heterocycles. The molecule has 0 atom stereocenters. The van der Waals surface area contributed by atoms with Gasteiger partial charge in [0, 0.05) is 26.4 Å². The molecule has 0 saturated heterocycles. The maximum Gasteiger partial charge on any atom is 0.0494 e. The molecule has 0 heterocycles. The van der Waals surface area contributed by atoms with Crippen molar-refractivity contribution in [1.82, 2.24) is 15.5 Å². The summed E-state index contributed by atoms with van der Waals surface area (Å²) in [6.07, 6.45) is 0. The van der Waals surface area contributed by atoms with Crippen molar-refractivity contribution in [2.45, 2.75) is 33.9 Å². The van der Waals surface area contributed by atoms with Crippen LogP contribution in [-0.4, -0.2) is 24.8 Å². The summed E-state index contributed by atoms with van der Waals surface area (Å²) >= 11 is 0. The molecule has 0 saturated carbocycles. The largest absolute Gasteiger partial charge is 0.300 e. The van der Waals surface area contributed by atoms with Gasteiger partial charge in [-0.2, -0.15) is 0 Å². The van der Waals surface area contributed by atoms with Crippen molar-refractivity contribution in [2.24, 2.45) is 0 Å². The van der Waals surface area contributed by atoms with Crippen molar-refractivity contribution in [3.8, 4) is 0 Å². The Balaban J connectivity index is 1.66. The zero-order valence-electron chi connectivity index (χ0n) is 14.6. The first-order chi connectivity index (χ1) is 11.2. The fourth-order valence-electron chi connectivity index (χ4n) is 2.41. The fraction of sp³-hybridized carbons (Fsp3) is 0.400.